The van der Waals surface area contributed by atoms with Gasteiger partial charge in [0.15, 0.2) is 0 Å². The average Bonchev–Trinajstić information content (AvgIpc) is 1.95. The molecule has 0 radical (unpaired) electrons. The van der Waals surface area contributed by atoms with Crippen LogP contribution in [0, 0.1) is 0 Å². The summed E-state index contributed by atoms with van der Waals surface area (Å²) in [5.41, 5.74) is 0. The van der Waals surface area contributed by atoms with Crippen molar-refractivity contribution < 1.29 is 0 Å². The van der Waals surface area contributed by atoms with Crippen LogP contribution in [0.25, 0.3) is 0 Å². The molecule has 0 saturated carbocycles. The van der Waals surface area contributed by atoms with Gasteiger partial charge in [-0.3, -0.25) is 0 Å². The Bertz CT molecular complexity index is 115. The maximum atomic E-state index is 3.55. The van der Waals surface area contributed by atoms with Gasteiger partial charge in [-0.2, -0.15) is 0 Å². The molecule has 0 aromatic carbocycles. The third-order valence-corrected chi connectivity index (χ3v) is 2.28. The van der Waals surface area contributed by atoms with Crippen LogP contribution in [0.15, 0.2) is 19.1 Å². The van der Waals surface area contributed by atoms with Crippen LogP contribution in [0.2, 0.25) is 0 Å². The maximum absolute atomic E-state index is 3.55. The summed E-state index contributed by atoms with van der Waals surface area (Å²) in [7, 11) is -2.36. The topological polar surface area (TPSA) is 49.4 Å². The molecule has 0 saturated heterocycles. The molecule has 0 N–H and O–H groups in total. The monoisotopic (exact) mass is 143 g/mol. The lowest BCUT2D eigenvalue weighted by atomic mass is 11.8. The third-order valence-electron chi connectivity index (χ3n) is 0.759. The first-order valence-electron chi connectivity index (χ1n) is 2.06. The number of nitrogens with zero attached hydrogens (tertiary/aromatic N) is 4. The molecule has 0 aliphatic carbocycles. The molecule has 0 aromatic heterocycles. The van der Waals surface area contributed by atoms with Crippen LogP contribution in [0.5, 0.6) is 0 Å². The standard InChI is InChI=1S/C4H8N4P/c1-5-9(6-2,7-3)8-4/h1-4H2/q+1. The SMILES string of the molecule is C=N[P+](N=C)(N=C)N=C. The summed E-state index contributed by atoms with van der Waals surface area (Å²) >= 11 is 0. The van der Waals surface area contributed by atoms with E-state index in [2.05, 4.69) is 45.9 Å². The quantitative estimate of drug-likeness (QED) is 0.422. The fraction of sp³-hybridized carbons (Fsp3) is 0. The molecule has 0 aromatic rings. The molecule has 0 unspecified atom stereocenters. The highest BCUT2D eigenvalue weighted by atomic mass is 31.2. The molecule has 0 heterocycles. The van der Waals surface area contributed by atoms with Gasteiger partial charge in [0.2, 0.25) is 0 Å². The molecule has 0 spiro atoms. The smallest absolute Gasteiger partial charge is 0.0672 e. The molecule has 5 heteroatoms. The van der Waals surface area contributed by atoms with Crippen LogP contribution in [-0.4, -0.2) is 26.9 Å². The lowest BCUT2D eigenvalue weighted by Gasteiger charge is -1.95. The van der Waals surface area contributed by atoms with Gasteiger partial charge in [-0.05, 0) is 0 Å². The Morgan fingerprint density at radius 1 is 0.667 bits per heavy atom. The Hall–Kier alpha value is -0.890. The van der Waals surface area contributed by atoms with E-state index in [-0.39, 0.29) is 0 Å². The summed E-state index contributed by atoms with van der Waals surface area (Å²) < 4.78 is 14.2. The molecule has 0 aliphatic rings. The first-order chi connectivity index (χ1) is 4.24. The zero-order valence-corrected chi connectivity index (χ0v) is 5.96. The van der Waals surface area contributed by atoms with Crippen molar-refractivity contribution in [3.05, 3.63) is 0 Å². The second-order valence-corrected chi connectivity index (χ2v) is 3.31. The van der Waals surface area contributed by atoms with E-state index in [1.54, 1.807) is 0 Å². The summed E-state index contributed by atoms with van der Waals surface area (Å²) in [4.78, 5) is 0. The predicted octanol–water partition coefficient (Wildman–Crippen LogP) is 1.47. The van der Waals surface area contributed by atoms with E-state index in [4.69, 9.17) is 0 Å². The summed E-state index contributed by atoms with van der Waals surface area (Å²) in [5, 5.41) is 0. The van der Waals surface area contributed by atoms with Crippen LogP contribution in [-0.2, 0) is 0 Å². The van der Waals surface area contributed by atoms with Gasteiger partial charge in [-0.1, -0.05) is 19.1 Å². The first-order valence-corrected chi connectivity index (χ1v) is 3.66. The van der Waals surface area contributed by atoms with Crippen molar-refractivity contribution in [3.63, 3.8) is 0 Å². The first kappa shape index (κ1) is 8.11. The maximum Gasteiger partial charge on any atom is 0.491 e. The Balaban J connectivity index is 4.53. The number of hydrogen-bond donors (Lipinski definition) is 0. The highest BCUT2D eigenvalue weighted by Crippen LogP contribution is 2.63. The van der Waals surface area contributed by atoms with Gasteiger partial charge >= 0.3 is 7.87 Å². The van der Waals surface area contributed by atoms with Gasteiger partial charge in [-0.15, -0.1) is 0 Å². The van der Waals surface area contributed by atoms with Crippen LogP contribution >= 0.6 is 7.87 Å². The van der Waals surface area contributed by atoms with Crippen LogP contribution in [0.3, 0.4) is 0 Å². The largest absolute Gasteiger partial charge is 0.491 e. The Morgan fingerprint density at radius 2 is 0.889 bits per heavy atom. The zero-order valence-electron chi connectivity index (χ0n) is 5.06. The van der Waals surface area contributed by atoms with Gasteiger partial charge < -0.3 is 0 Å². The highest BCUT2D eigenvalue weighted by molar-refractivity contribution is 7.71. The van der Waals surface area contributed by atoms with Gasteiger partial charge in [0.05, 0.1) is 0 Å². The van der Waals surface area contributed by atoms with E-state index in [1.807, 2.05) is 0 Å². The molecule has 0 aliphatic heterocycles. The summed E-state index contributed by atoms with van der Waals surface area (Å²) in [6, 6.07) is 0. The van der Waals surface area contributed by atoms with Crippen molar-refractivity contribution in [2.75, 3.05) is 0 Å². The van der Waals surface area contributed by atoms with E-state index < -0.39 is 7.87 Å². The van der Waals surface area contributed by atoms with Crippen molar-refractivity contribution in [1.82, 2.24) is 0 Å². The minimum atomic E-state index is -2.36. The van der Waals surface area contributed by atoms with E-state index in [1.165, 1.54) is 0 Å². The van der Waals surface area contributed by atoms with Gasteiger partial charge in [0, 0.05) is 26.9 Å². The summed E-state index contributed by atoms with van der Waals surface area (Å²) in [6.45, 7) is 13.0. The van der Waals surface area contributed by atoms with Gasteiger partial charge in [0.1, 0.15) is 0 Å². The van der Waals surface area contributed by atoms with Gasteiger partial charge in [0.25, 0.3) is 0 Å². The molecule has 9 heavy (non-hydrogen) atoms. The molecule has 0 atom stereocenters. The normalized spacial score (nSPS) is 9.78. The summed E-state index contributed by atoms with van der Waals surface area (Å²) in [5.74, 6) is 0. The van der Waals surface area contributed by atoms with E-state index in [0.717, 1.165) is 0 Å². The predicted molar refractivity (Wildman–Crippen MR) is 45.1 cm³/mol. The lowest BCUT2D eigenvalue weighted by Crippen LogP contribution is -1.71. The van der Waals surface area contributed by atoms with E-state index in [9.17, 15) is 0 Å². The Morgan fingerprint density at radius 3 is 0.889 bits per heavy atom. The molecule has 48 valence electrons. The summed E-state index contributed by atoms with van der Waals surface area (Å²) in [6.07, 6.45) is 0. The fourth-order valence-electron chi connectivity index (χ4n) is 0.268. The van der Waals surface area contributed by atoms with Crippen LogP contribution < -0.4 is 0 Å². The van der Waals surface area contributed by atoms with Gasteiger partial charge in [-0.25, -0.2) is 0 Å². The molecule has 4 nitrogen and oxygen atoms in total. The Labute approximate surface area is 54.7 Å². The second-order valence-electron chi connectivity index (χ2n) is 1.10. The lowest BCUT2D eigenvalue weighted by molar-refractivity contribution is 1.54. The van der Waals surface area contributed by atoms with Crippen molar-refractivity contribution in [2.24, 2.45) is 19.1 Å². The van der Waals surface area contributed by atoms with Crippen molar-refractivity contribution in [3.8, 4) is 0 Å². The molecule has 0 amide bonds. The Kier molecular flexibility index (Phi) is 2.88. The molecular formula is C4H8N4P+. The average molecular weight is 143 g/mol. The number of hydrogen-bond acceptors (Lipinski definition) is 4. The molecular weight excluding hydrogens is 135 g/mol. The number of rotatable bonds is 4. The fourth-order valence-corrected chi connectivity index (χ4v) is 0.805. The molecule has 0 bridgehead atoms. The molecule has 0 rings (SSSR count). The second kappa shape index (κ2) is 3.20. The van der Waals surface area contributed by atoms with Crippen molar-refractivity contribution in [1.29, 1.82) is 0 Å². The molecule has 0 fully saturated rings. The van der Waals surface area contributed by atoms with Crippen LogP contribution in [0.1, 0.15) is 0 Å². The highest BCUT2D eigenvalue weighted by Gasteiger charge is 2.33. The van der Waals surface area contributed by atoms with E-state index in [0.29, 0.717) is 0 Å². The van der Waals surface area contributed by atoms with E-state index >= 15 is 0 Å². The minimum Gasteiger partial charge on any atom is -0.0672 e. The van der Waals surface area contributed by atoms with Crippen LogP contribution in [0.4, 0.5) is 0 Å². The van der Waals surface area contributed by atoms with Crippen molar-refractivity contribution >= 4 is 34.7 Å². The zero-order chi connectivity index (χ0) is 7.33. The third kappa shape index (κ3) is 1.50. The van der Waals surface area contributed by atoms with Crippen molar-refractivity contribution in [2.45, 2.75) is 0 Å². The minimum absolute atomic E-state index is 2.36.